The summed E-state index contributed by atoms with van der Waals surface area (Å²) in [4.78, 5) is 76.9. The lowest BCUT2D eigenvalue weighted by atomic mass is 9.93. The van der Waals surface area contributed by atoms with Gasteiger partial charge in [-0.2, -0.15) is 4.99 Å². The number of hydrogen-bond donors (Lipinski definition) is 3. The highest BCUT2D eigenvalue weighted by Crippen LogP contribution is 2.43. The predicted molar refractivity (Wildman–Crippen MR) is 232 cm³/mol. The van der Waals surface area contributed by atoms with Crippen molar-refractivity contribution < 1.29 is 42.9 Å². The largest absolute Gasteiger partial charge is 0.453 e. The third-order valence-electron chi connectivity index (χ3n) is 12.7. The molecule has 1 spiro atoms. The van der Waals surface area contributed by atoms with Crippen LogP contribution in [0.2, 0.25) is 0 Å². The highest BCUT2D eigenvalue weighted by atomic mass is 16.7. The van der Waals surface area contributed by atoms with Gasteiger partial charge >= 0.3 is 12.2 Å². The van der Waals surface area contributed by atoms with Gasteiger partial charge in [-0.3, -0.25) is 9.59 Å². The predicted octanol–water partition coefficient (Wildman–Crippen LogP) is 6.47. The molecule has 3 aromatic carbocycles. The normalized spacial score (nSPS) is 20.9. The van der Waals surface area contributed by atoms with Crippen molar-refractivity contribution in [2.75, 3.05) is 53.7 Å². The SMILES string of the molecule is COC(=O)/N=C(/C(=O)N1CC2(C[C@H]1c1nc3c(ccc4cc(-c5ccc(-c6cnc([C@@H]7CCCN7C(=O)[C@@H](NC(=O)OC)C(C)C)[nH]6)cc5)ccc43)[nH]1)OCCO2)C1CCOCC1. The van der Waals surface area contributed by atoms with Gasteiger partial charge in [0.05, 0.1) is 69.0 Å². The molecule has 0 aliphatic carbocycles. The van der Waals surface area contributed by atoms with E-state index in [4.69, 9.17) is 33.7 Å². The van der Waals surface area contributed by atoms with Gasteiger partial charge in [0.15, 0.2) is 5.79 Å². The van der Waals surface area contributed by atoms with Gasteiger partial charge in [-0.05, 0) is 65.8 Å². The molecule has 17 nitrogen and oxygen atoms in total. The molecule has 4 saturated heterocycles. The number of carbonyl (C=O) groups is 4. The number of benzene rings is 3. The number of nitrogens with zero attached hydrogens (tertiary/aromatic N) is 5. The molecule has 5 aromatic rings. The summed E-state index contributed by atoms with van der Waals surface area (Å²) in [6, 6.07) is 17.1. The summed E-state index contributed by atoms with van der Waals surface area (Å²) in [6.07, 6.45) is 3.44. The topological polar surface area (TPSA) is 203 Å². The van der Waals surface area contributed by atoms with Crippen molar-refractivity contribution in [3.8, 4) is 22.4 Å². The minimum absolute atomic E-state index is 0.118. The minimum atomic E-state index is -0.988. The highest BCUT2D eigenvalue weighted by Gasteiger charge is 2.53. The fraction of sp³-hybridized carbons (Fsp3) is 0.457. The second-order valence-electron chi connectivity index (χ2n) is 16.9. The molecule has 0 bridgehead atoms. The van der Waals surface area contributed by atoms with Crippen molar-refractivity contribution in [3.63, 3.8) is 0 Å². The van der Waals surface area contributed by atoms with E-state index in [0.717, 1.165) is 57.0 Å². The van der Waals surface area contributed by atoms with Crippen molar-refractivity contribution >= 4 is 51.5 Å². The molecule has 4 fully saturated rings. The second kappa shape index (κ2) is 17.5. The Balaban J connectivity index is 0.945. The molecule has 17 heteroatoms. The van der Waals surface area contributed by atoms with E-state index in [1.807, 2.05) is 19.9 Å². The van der Waals surface area contributed by atoms with Crippen LogP contribution < -0.4 is 5.32 Å². The molecule has 2 aromatic heterocycles. The zero-order chi connectivity index (χ0) is 43.8. The number of aromatic nitrogens is 4. The zero-order valence-electron chi connectivity index (χ0n) is 35.8. The Labute approximate surface area is 363 Å². The molecule has 0 unspecified atom stereocenters. The molecule has 4 aliphatic heterocycles. The number of aromatic amines is 2. The number of ether oxygens (including phenoxy) is 5. The Hall–Kier alpha value is -6.17. The van der Waals surface area contributed by atoms with E-state index in [-0.39, 0.29) is 41.9 Å². The Bertz CT molecular complexity index is 2560. The van der Waals surface area contributed by atoms with Crippen molar-refractivity contribution in [2.45, 2.75) is 69.9 Å². The monoisotopic (exact) mass is 860 g/mol. The van der Waals surface area contributed by atoms with Gasteiger partial charge in [-0.1, -0.05) is 56.3 Å². The standard InChI is InChI=1S/C46H52N8O9/c1-26(2)37(51-44(57)59-3)42(55)53-17-5-6-35(53)40-47-24-34(49-40)28-9-7-27(8-10-28)30-11-13-32-31(22-30)12-14-33-39(32)50-41(48-33)36-23-46(62-20-21-63-46)25-54(36)43(56)38(52-45(58)60-4)29-15-18-61-19-16-29/h7-14,22,24,26,29,35-37H,5-6,15-21,23,25H2,1-4H3,(H,47,49)(H,48,50)(H,51,57)/b52-38+/t35-,36-,37-/m0/s1. The Kier molecular flexibility index (Phi) is 11.7. The summed E-state index contributed by atoms with van der Waals surface area (Å²) in [7, 11) is 2.53. The van der Waals surface area contributed by atoms with Crippen LogP contribution in [0.15, 0.2) is 65.8 Å². The summed E-state index contributed by atoms with van der Waals surface area (Å²) < 4.78 is 27.4. The summed E-state index contributed by atoms with van der Waals surface area (Å²) in [5.41, 5.74) is 5.61. The molecule has 3 N–H and O–H groups in total. The number of hydrogen-bond acceptors (Lipinski definition) is 11. The average Bonchev–Trinajstić information content (AvgIpc) is 4.17. The molecule has 330 valence electrons. The zero-order valence-corrected chi connectivity index (χ0v) is 35.8. The number of rotatable bonds is 9. The van der Waals surface area contributed by atoms with Crippen LogP contribution in [0.4, 0.5) is 9.59 Å². The Morgan fingerprint density at radius 2 is 1.60 bits per heavy atom. The van der Waals surface area contributed by atoms with Crippen molar-refractivity contribution in [3.05, 3.63) is 72.4 Å². The number of likely N-dealkylation sites (tertiary alicyclic amines) is 2. The van der Waals surface area contributed by atoms with Crippen LogP contribution >= 0.6 is 0 Å². The van der Waals surface area contributed by atoms with Crippen LogP contribution in [-0.2, 0) is 33.3 Å². The maximum Gasteiger partial charge on any atom is 0.433 e. The maximum atomic E-state index is 14.4. The highest BCUT2D eigenvalue weighted by molar-refractivity contribution is 6.41. The van der Waals surface area contributed by atoms with E-state index in [1.165, 1.54) is 14.2 Å². The smallest absolute Gasteiger partial charge is 0.433 e. The van der Waals surface area contributed by atoms with Gasteiger partial charge in [0.2, 0.25) is 5.91 Å². The molecular formula is C46H52N8O9. The van der Waals surface area contributed by atoms with E-state index < -0.39 is 30.1 Å². The van der Waals surface area contributed by atoms with Crippen LogP contribution in [0.1, 0.15) is 69.7 Å². The van der Waals surface area contributed by atoms with Crippen LogP contribution in [-0.4, -0.2) is 125 Å². The van der Waals surface area contributed by atoms with Gasteiger partial charge in [0, 0.05) is 37.5 Å². The van der Waals surface area contributed by atoms with Gasteiger partial charge in [0.25, 0.3) is 5.91 Å². The fourth-order valence-electron chi connectivity index (χ4n) is 9.42. The summed E-state index contributed by atoms with van der Waals surface area (Å²) >= 11 is 0. The van der Waals surface area contributed by atoms with Gasteiger partial charge in [-0.25, -0.2) is 19.6 Å². The van der Waals surface area contributed by atoms with E-state index in [1.54, 1.807) is 16.0 Å². The molecular weight excluding hydrogens is 809 g/mol. The first-order valence-corrected chi connectivity index (χ1v) is 21.6. The van der Waals surface area contributed by atoms with Crippen LogP contribution in [0.25, 0.3) is 44.2 Å². The van der Waals surface area contributed by atoms with E-state index in [9.17, 15) is 19.2 Å². The minimum Gasteiger partial charge on any atom is -0.453 e. The molecule has 3 atom stereocenters. The van der Waals surface area contributed by atoms with Gasteiger partial charge in [0.1, 0.15) is 23.4 Å². The first-order chi connectivity index (χ1) is 30.5. The molecule has 0 radical (unpaired) electrons. The molecule has 4 amide bonds. The average molecular weight is 861 g/mol. The second-order valence-corrected chi connectivity index (χ2v) is 16.9. The van der Waals surface area contributed by atoms with Crippen molar-refractivity contribution in [1.82, 2.24) is 35.1 Å². The first-order valence-electron chi connectivity index (χ1n) is 21.6. The Morgan fingerprint density at radius 1 is 0.857 bits per heavy atom. The maximum absolute atomic E-state index is 14.4. The molecule has 63 heavy (non-hydrogen) atoms. The lowest BCUT2D eigenvalue weighted by Crippen LogP contribution is -2.51. The molecule has 6 heterocycles. The number of H-pyrrole nitrogens is 2. The first kappa shape index (κ1) is 42.1. The number of aliphatic imine (C=N–C) groups is 1. The quantitative estimate of drug-likeness (QED) is 0.137. The van der Waals surface area contributed by atoms with Crippen LogP contribution in [0.5, 0.6) is 0 Å². The third-order valence-corrected chi connectivity index (χ3v) is 12.7. The summed E-state index contributed by atoms with van der Waals surface area (Å²) in [5.74, 6) is -0.586. The molecule has 9 rings (SSSR count). The van der Waals surface area contributed by atoms with E-state index in [0.29, 0.717) is 63.9 Å². The van der Waals surface area contributed by atoms with Gasteiger partial charge < -0.3 is 48.8 Å². The number of fused-ring (bicyclic) bond motifs is 3. The number of amides is 4. The van der Waals surface area contributed by atoms with Crippen molar-refractivity contribution in [1.29, 1.82) is 0 Å². The summed E-state index contributed by atoms with van der Waals surface area (Å²) in [5, 5.41) is 4.66. The molecule has 0 saturated carbocycles. The number of nitrogens with one attached hydrogen (secondary N) is 3. The lowest BCUT2D eigenvalue weighted by molar-refractivity contribution is -0.150. The Morgan fingerprint density at radius 3 is 2.33 bits per heavy atom. The number of methoxy groups -OCH3 is 2. The fourth-order valence-corrected chi connectivity index (χ4v) is 9.42. The van der Waals surface area contributed by atoms with E-state index >= 15 is 0 Å². The van der Waals surface area contributed by atoms with Gasteiger partial charge in [-0.15, -0.1) is 0 Å². The number of carbonyl (C=O) groups excluding carboxylic acids is 4. The van der Waals surface area contributed by atoms with Crippen LogP contribution in [0.3, 0.4) is 0 Å². The summed E-state index contributed by atoms with van der Waals surface area (Å²) in [6.45, 7) is 6.31. The number of imidazole rings is 2. The van der Waals surface area contributed by atoms with Crippen molar-refractivity contribution in [2.24, 2.45) is 16.8 Å². The lowest BCUT2D eigenvalue weighted by Gasteiger charge is -2.30. The van der Waals surface area contributed by atoms with Crippen LogP contribution in [0, 0.1) is 11.8 Å². The molecule has 4 aliphatic rings. The number of alkyl carbamates (subject to hydrolysis) is 1. The third kappa shape index (κ3) is 8.27. The van der Waals surface area contributed by atoms with E-state index in [2.05, 4.69) is 68.8 Å².